The lowest BCUT2D eigenvalue weighted by atomic mass is 10.1. The summed E-state index contributed by atoms with van der Waals surface area (Å²) in [7, 11) is 1.51. The second-order valence-electron chi connectivity index (χ2n) is 3.79. The average Bonchev–Trinajstić information content (AvgIpc) is 2.33. The number of ether oxygens (including phenoxy) is 2. The Kier molecular flexibility index (Phi) is 5.43. The van der Waals surface area contributed by atoms with E-state index in [2.05, 4.69) is 0 Å². The first-order chi connectivity index (χ1) is 8.44. The molecule has 0 heterocycles. The van der Waals surface area contributed by atoms with Crippen molar-refractivity contribution in [3.8, 4) is 5.75 Å². The van der Waals surface area contributed by atoms with Gasteiger partial charge in [0, 0.05) is 5.56 Å². The highest BCUT2D eigenvalue weighted by Crippen LogP contribution is 2.24. The maximum Gasteiger partial charge on any atom is 0.391 e. The topological polar surface area (TPSA) is 44.5 Å². The zero-order chi connectivity index (χ0) is 13.6. The van der Waals surface area contributed by atoms with E-state index in [0.29, 0.717) is 11.3 Å². The summed E-state index contributed by atoms with van der Waals surface area (Å²) in [4.78, 5) is 0. The first-order valence-electron chi connectivity index (χ1n) is 5.47. The summed E-state index contributed by atoms with van der Waals surface area (Å²) >= 11 is 0. The van der Waals surface area contributed by atoms with Gasteiger partial charge in [-0.1, -0.05) is 18.2 Å². The summed E-state index contributed by atoms with van der Waals surface area (Å²) in [6, 6.07) is 6.57. The third kappa shape index (κ3) is 4.93. The van der Waals surface area contributed by atoms with Crippen molar-refractivity contribution in [3.63, 3.8) is 0 Å². The maximum absolute atomic E-state index is 11.9. The molecule has 1 unspecified atom stereocenters. The third-order valence-corrected chi connectivity index (χ3v) is 2.37. The van der Waals surface area contributed by atoms with Crippen molar-refractivity contribution in [2.45, 2.75) is 18.6 Å². The Labute approximate surface area is 104 Å². The highest BCUT2D eigenvalue weighted by atomic mass is 19.4. The Morgan fingerprint density at radius 2 is 1.94 bits per heavy atom. The van der Waals surface area contributed by atoms with Crippen LogP contribution in [0, 0.1) is 0 Å². The van der Waals surface area contributed by atoms with Gasteiger partial charge in [-0.3, -0.25) is 0 Å². The number of rotatable bonds is 6. The van der Waals surface area contributed by atoms with Crippen molar-refractivity contribution in [3.05, 3.63) is 29.8 Å². The van der Waals surface area contributed by atoms with Crippen molar-refractivity contribution in [2.24, 2.45) is 5.73 Å². The lowest BCUT2D eigenvalue weighted by Gasteiger charge is -2.16. The van der Waals surface area contributed by atoms with Crippen LogP contribution in [-0.4, -0.2) is 26.5 Å². The molecule has 0 aliphatic carbocycles. The normalized spacial score (nSPS) is 13.4. The molecule has 0 aliphatic rings. The molecule has 3 nitrogen and oxygen atoms in total. The summed E-state index contributed by atoms with van der Waals surface area (Å²) in [5.74, 6) is 0.601. The number of alkyl halides is 3. The Morgan fingerprint density at radius 1 is 1.28 bits per heavy atom. The van der Waals surface area contributed by atoms with Crippen LogP contribution in [0.1, 0.15) is 18.0 Å². The first kappa shape index (κ1) is 14.8. The molecule has 0 spiro atoms. The van der Waals surface area contributed by atoms with E-state index < -0.39 is 18.6 Å². The van der Waals surface area contributed by atoms with Gasteiger partial charge >= 0.3 is 6.18 Å². The molecule has 102 valence electrons. The van der Waals surface area contributed by atoms with Crippen LogP contribution in [0.2, 0.25) is 0 Å². The van der Waals surface area contributed by atoms with E-state index in [1.165, 1.54) is 7.11 Å². The number of halogens is 3. The molecule has 2 N–H and O–H groups in total. The van der Waals surface area contributed by atoms with Crippen LogP contribution in [0.5, 0.6) is 5.75 Å². The SMILES string of the molecule is COc1ccccc1C(N)COCCC(F)(F)F. The van der Waals surface area contributed by atoms with Gasteiger partial charge < -0.3 is 15.2 Å². The Bertz CT molecular complexity index is 369. The molecule has 0 saturated carbocycles. The van der Waals surface area contributed by atoms with Gasteiger partial charge in [0.2, 0.25) is 0 Å². The van der Waals surface area contributed by atoms with Crippen LogP contribution >= 0.6 is 0 Å². The molecular weight excluding hydrogens is 247 g/mol. The zero-order valence-electron chi connectivity index (χ0n) is 10.0. The van der Waals surface area contributed by atoms with Crippen molar-refractivity contribution < 1.29 is 22.6 Å². The fraction of sp³-hybridized carbons (Fsp3) is 0.500. The second kappa shape index (κ2) is 6.61. The van der Waals surface area contributed by atoms with Gasteiger partial charge in [-0.25, -0.2) is 0 Å². The first-order valence-corrected chi connectivity index (χ1v) is 5.47. The number of benzene rings is 1. The Balaban J connectivity index is 2.43. The summed E-state index contributed by atoms with van der Waals surface area (Å²) in [6.45, 7) is -0.358. The van der Waals surface area contributed by atoms with Crippen LogP contribution in [0.25, 0.3) is 0 Å². The maximum atomic E-state index is 11.9. The molecule has 1 atom stereocenters. The molecule has 0 bridgehead atoms. The molecule has 0 amide bonds. The summed E-state index contributed by atoms with van der Waals surface area (Å²) in [5, 5.41) is 0. The predicted molar refractivity (Wildman–Crippen MR) is 61.4 cm³/mol. The highest BCUT2D eigenvalue weighted by molar-refractivity contribution is 5.35. The summed E-state index contributed by atoms with van der Waals surface area (Å²) < 4.78 is 45.7. The number of hydrogen-bond donors (Lipinski definition) is 1. The predicted octanol–water partition coefficient (Wildman–Crippen LogP) is 2.66. The van der Waals surface area contributed by atoms with Gasteiger partial charge in [-0.15, -0.1) is 0 Å². The highest BCUT2D eigenvalue weighted by Gasteiger charge is 2.26. The Hall–Kier alpha value is -1.27. The molecule has 0 aromatic heterocycles. The minimum Gasteiger partial charge on any atom is -0.496 e. The molecule has 1 aromatic carbocycles. The smallest absolute Gasteiger partial charge is 0.391 e. The minimum absolute atomic E-state index is 0.0243. The van der Waals surface area contributed by atoms with Crippen LogP contribution in [0.3, 0.4) is 0 Å². The van der Waals surface area contributed by atoms with Gasteiger partial charge in [0.25, 0.3) is 0 Å². The fourth-order valence-corrected chi connectivity index (χ4v) is 1.46. The van der Waals surface area contributed by atoms with E-state index in [0.717, 1.165) is 0 Å². The largest absolute Gasteiger partial charge is 0.496 e. The molecule has 0 saturated heterocycles. The quantitative estimate of drug-likeness (QED) is 0.802. The molecule has 1 rings (SSSR count). The van der Waals surface area contributed by atoms with Crippen molar-refractivity contribution in [1.29, 1.82) is 0 Å². The summed E-state index contributed by atoms with van der Waals surface area (Å²) in [5.41, 5.74) is 6.55. The van der Waals surface area contributed by atoms with E-state index in [-0.39, 0.29) is 13.2 Å². The molecule has 0 radical (unpaired) electrons. The number of para-hydroxylation sites is 1. The van der Waals surface area contributed by atoms with E-state index >= 15 is 0 Å². The van der Waals surface area contributed by atoms with Crippen LogP contribution < -0.4 is 10.5 Å². The summed E-state index contributed by atoms with van der Waals surface area (Å²) in [6.07, 6.45) is -5.17. The number of methoxy groups -OCH3 is 1. The monoisotopic (exact) mass is 263 g/mol. The molecule has 0 aliphatic heterocycles. The molecule has 18 heavy (non-hydrogen) atoms. The molecule has 0 fully saturated rings. The van der Waals surface area contributed by atoms with Crippen molar-refractivity contribution >= 4 is 0 Å². The van der Waals surface area contributed by atoms with Gasteiger partial charge in [0.15, 0.2) is 0 Å². The third-order valence-electron chi connectivity index (χ3n) is 2.37. The lowest BCUT2D eigenvalue weighted by molar-refractivity contribution is -0.145. The Morgan fingerprint density at radius 3 is 2.56 bits per heavy atom. The number of nitrogens with two attached hydrogens (primary N) is 1. The van der Waals surface area contributed by atoms with E-state index in [1.54, 1.807) is 24.3 Å². The van der Waals surface area contributed by atoms with Crippen LogP contribution in [-0.2, 0) is 4.74 Å². The van der Waals surface area contributed by atoms with Crippen molar-refractivity contribution in [2.75, 3.05) is 20.3 Å². The van der Waals surface area contributed by atoms with E-state index in [9.17, 15) is 13.2 Å². The van der Waals surface area contributed by atoms with Gasteiger partial charge in [-0.05, 0) is 6.07 Å². The molecular formula is C12H16F3NO2. The second-order valence-corrected chi connectivity index (χ2v) is 3.79. The minimum atomic E-state index is -4.20. The van der Waals surface area contributed by atoms with Crippen molar-refractivity contribution in [1.82, 2.24) is 0 Å². The number of hydrogen-bond acceptors (Lipinski definition) is 3. The van der Waals surface area contributed by atoms with E-state index in [1.807, 2.05) is 0 Å². The molecule has 6 heteroatoms. The van der Waals surface area contributed by atoms with Crippen LogP contribution in [0.4, 0.5) is 13.2 Å². The lowest BCUT2D eigenvalue weighted by Crippen LogP contribution is -2.20. The van der Waals surface area contributed by atoms with Gasteiger partial charge in [0.05, 0.1) is 32.8 Å². The standard InChI is InChI=1S/C12H16F3NO2/c1-17-11-5-3-2-4-9(11)10(16)8-18-7-6-12(13,14)15/h2-5,10H,6-8,16H2,1H3. The van der Waals surface area contributed by atoms with Crippen LogP contribution in [0.15, 0.2) is 24.3 Å². The molecule has 1 aromatic rings. The average molecular weight is 263 g/mol. The fourth-order valence-electron chi connectivity index (χ4n) is 1.46. The zero-order valence-corrected chi connectivity index (χ0v) is 10.0. The van der Waals surface area contributed by atoms with Gasteiger partial charge in [0.1, 0.15) is 5.75 Å². The van der Waals surface area contributed by atoms with Gasteiger partial charge in [-0.2, -0.15) is 13.2 Å². The van der Waals surface area contributed by atoms with E-state index in [4.69, 9.17) is 15.2 Å².